The number of hydrogen-bond acceptors (Lipinski definition) is 2. The quantitative estimate of drug-likeness (QED) is 0.803. The average molecular weight is 228 g/mol. The summed E-state index contributed by atoms with van der Waals surface area (Å²) in [4.78, 5) is 0. The Kier molecular flexibility index (Phi) is 4.32. The molecule has 2 nitrogen and oxygen atoms in total. The smallest absolute Gasteiger partial charge is 0.161 e. The lowest BCUT2D eigenvalue weighted by Crippen LogP contribution is -2.20. The van der Waals surface area contributed by atoms with E-state index in [9.17, 15) is 13.2 Å². The van der Waals surface area contributed by atoms with Gasteiger partial charge in [-0.1, -0.05) is 0 Å². The second kappa shape index (κ2) is 5.52. The van der Waals surface area contributed by atoms with Crippen LogP contribution in [0.1, 0.15) is 12.5 Å². The van der Waals surface area contributed by atoms with Gasteiger partial charge in [0.05, 0.1) is 12.0 Å². The molecule has 1 aromatic carbocycles. The summed E-state index contributed by atoms with van der Waals surface area (Å²) in [5, 5.41) is 11.3. The van der Waals surface area contributed by atoms with Gasteiger partial charge in [-0.2, -0.15) is 5.26 Å². The topological polar surface area (TPSA) is 35.8 Å². The zero-order chi connectivity index (χ0) is 12.1. The van der Waals surface area contributed by atoms with E-state index >= 15 is 0 Å². The summed E-state index contributed by atoms with van der Waals surface area (Å²) >= 11 is 0. The van der Waals surface area contributed by atoms with Crippen molar-refractivity contribution < 1.29 is 13.2 Å². The molecule has 0 aliphatic heterocycles. The van der Waals surface area contributed by atoms with Gasteiger partial charge in [0.1, 0.15) is 5.82 Å². The first-order valence-electron chi connectivity index (χ1n) is 4.78. The summed E-state index contributed by atoms with van der Waals surface area (Å²) in [6.45, 7) is 2.14. The van der Waals surface area contributed by atoms with Crippen LogP contribution < -0.4 is 5.32 Å². The molecule has 0 amide bonds. The molecule has 1 atom stereocenters. The standard InChI is InChI=1S/C11H11F3N2/c1-7(4-15)5-16-6-8-2-10(13)11(14)3-9(8)12/h2-3,7,16H,5-6H2,1H3. The Morgan fingerprint density at radius 3 is 2.50 bits per heavy atom. The summed E-state index contributed by atoms with van der Waals surface area (Å²) in [6, 6.07) is 3.32. The molecular weight excluding hydrogens is 217 g/mol. The van der Waals surface area contributed by atoms with E-state index in [-0.39, 0.29) is 18.0 Å². The van der Waals surface area contributed by atoms with Crippen LogP contribution in [0.25, 0.3) is 0 Å². The van der Waals surface area contributed by atoms with Gasteiger partial charge in [-0.15, -0.1) is 0 Å². The summed E-state index contributed by atoms with van der Waals surface area (Å²) in [5.41, 5.74) is 0.0454. The fourth-order valence-corrected chi connectivity index (χ4v) is 1.17. The van der Waals surface area contributed by atoms with Gasteiger partial charge < -0.3 is 5.32 Å². The van der Waals surface area contributed by atoms with Crippen molar-refractivity contribution >= 4 is 0 Å². The van der Waals surface area contributed by atoms with Crippen LogP contribution in [0.3, 0.4) is 0 Å². The summed E-state index contributed by atoms with van der Waals surface area (Å²) in [7, 11) is 0. The molecule has 0 saturated heterocycles. The molecular formula is C11H11F3N2. The Bertz CT molecular complexity index is 412. The lowest BCUT2D eigenvalue weighted by molar-refractivity contribution is 0.485. The van der Waals surface area contributed by atoms with E-state index in [0.717, 1.165) is 6.07 Å². The van der Waals surface area contributed by atoms with Crippen LogP contribution in [0.5, 0.6) is 0 Å². The lowest BCUT2D eigenvalue weighted by Gasteiger charge is -2.07. The molecule has 0 heterocycles. The maximum atomic E-state index is 13.1. The molecule has 0 aromatic heterocycles. The summed E-state index contributed by atoms with van der Waals surface area (Å²) in [6.07, 6.45) is 0. The van der Waals surface area contributed by atoms with Crippen molar-refractivity contribution in [2.45, 2.75) is 13.5 Å². The molecule has 0 aliphatic carbocycles. The SMILES string of the molecule is CC(C#N)CNCc1cc(F)c(F)cc1F. The number of nitriles is 1. The van der Waals surface area contributed by atoms with E-state index in [4.69, 9.17) is 5.26 Å². The van der Waals surface area contributed by atoms with Crippen LogP contribution >= 0.6 is 0 Å². The van der Waals surface area contributed by atoms with Crippen molar-refractivity contribution in [3.05, 3.63) is 35.1 Å². The van der Waals surface area contributed by atoms with E-state index < -0.39 is 17.5 Å². The normalized spacial score (nSPS) is 12.2. The number of benzene rings is 1. The zero-order valence-corrected chi connectivity index (χ0v) is 8.73. The van der Waals surface area contributed by atoms with Crippen molar-refractivity contribution in [1.29, 1.82) is 5.26 Å². The zero-order valence-electron chi connectivity index (χ0n) is 8.73. The van der Waals surface area contributed by atoms with Gasteiger partial charge in [0.2, 0.25) is 0 Å². The highest BCUT2D eigenvalue weighted by Crippen LogP contribution is 2.13. The molecule has 0 bridgehead atoms. The minimum atomic E-state index is -1.20. The van der Waals surface area contributed by atoms with Gasteiger partial charge in [0.15, 0.2) is 11.6 Å². The van der Waals surface area contributed by atoms with E-state index in [1.807, 2.05) is 6.07 Å². The van der Waals surface area contributed by atoms with Crippen molar-refractivity contribution in [3.8, 4) is 6.07 Å². The monoisotopic (exact) mass is 228 g/mol. The summed E-state index contributed by atoms with van der Waals surface area (Å²) in [5.74, 6) is -3.29. The molecule has 0 aliphatic rings. The number of hydrogen-bond donors (Lipinski definition) is 1. The first-order valence-corrected chi connectivity index (χ1v) is 4.78. The van der Waals surface area contributed by atoms with Crippen LogP contribution in [0.2, 0.25) is 0 Å². The Labute approximate surface area is 91.7 Å². The third-order valence-electron chi connectivity index (χ3n) is 2.08. The number of nitrogens with zero attached hydrogens (tertiary/aromatic N) is 1. The second-order valence-corrected chi connectivity index (χ2v) is 3.52. The highest BCUT2D eigenvalue weighted by atomic mass is 19.2. The van der Waals surface area contributed by atoms with Crippen molar-refractivity contribution in [2.75, 3.05) is 6.54 Å². The third kappa shape index (κ3) is 3.24. The molecule has 16 heavy (non-hydrogen) atoms. The predicted molar refractivity (Wildman–Crippen MR) is 52.8 cm³/mol. The van der Waals surface area contributed by atoms with Crippen LogP contribution in [0, 0.1) is 34.7 Å². The van der Waals surface area contributed by atoms with Crippen LogP contribution in [-0.2, 0) is 6.54 Å². The maximum Gasteiger partial charge on any atom is 0.161 e. The van der Waals surface area contributed by atoms with Gasteiger partial charge in [-0.05, 0) is 13.0 Å². The Hall–Kier alpha value is -1.54. The molecule has 1 N–H and O–H groups in total. The van der Waals surface area contributed by atoms with Crippen LogP contribution in [0.15, 0.2) is 12.1 Å². The summed E-state index contributed by atoms with van der Waals surface area (Å²) < 4.78 is 38.5. The second-order valence-electron chi connectivity index (χ2n) is 3.52. The predicted octanol–water partition coefficient (Wildman–Crippen LogP) is 2.35. The first kappa shape index (κ1) is 12.5. The molecule has 1 aromatic rings. The van der Waals surface area contributed by atoms with Gasteiger partial charge in [0.25, 0.3) is 0 Å². The van der Waals surface area contributed by atoms with Crippen LogP contribution in [-0.4, -0.2) is 6.54 Å². The molecule has 5 heteroatoms. The average Bonchev–Trinajstić information content (AvgIpc) is 2.25. The minimum Gasteiger partial charge on any atom is -0.311 e. The van der Waals surface area contributed by atoms with E-state index in [0.29, 0.717) is 12.6 Å². The third-order valence-corrected chi connectivity index (χ3v) is 2.08. The van der Waals surface area contributed by atoms with Gasteiger partial charge >= 0.3 is 0 Å². The molecule has 0 radical (unpaired) electrons. The fraction of sp³-hybridized carbons (Fsp3) is 0.364. The molecule has 0 saturated carbocycles. The molecule has 1 unspecified atom stereocenters. The highest BCUT2D eigenvalue weighted by Gasteiger charge is 2.09. The highest BCUT2D eigenvalue weighted by molar-refractivity contribution is 5.19. The van der Waals surface area contributed by atoms with Crippen LogP contribution in [0.4, 0.5) is 13.2 Å². The first-order chi connectivity index (χ1) is 7.54. The largest absolute Gasteiger partial charge is 0.311 e. The number of halogens is 3. The van der Waals surface area contributed by atoms with Crippen molar-refractivity contribution in [1.82, 2.24) is 5.32 Å². The van der Waals surface area contributed by atoms with E-state index in [2.05, 4.69) is 5.32 Å². The fourth-order valence-electron chi connectivity index (χ4n) is 1.17. The molecule has 1 rings (SSSR count). The van der Waals surface area contributed by atoms with E-state index in [1.165, 1.54) is 0 Å². The van der Waals surface area contributed by atoms with Gasteiger partial charge in [-0.25, -0.2) is 13.2 Å². The molecule has 86 valence electrons. The Morgan fingerprint density at radius 2 is 1.88 bits per heavy atom. The Morgan fingerprint density at radius 1 is 1.25 bits per heavy atom. The molecule has 0 fully saturated rings. The van der Waals surface area contributed by atoms with Gasteiger partial charge in [0, 0.05) is 24.7 Å². The van der Waals surface area contributed by atoms with Gasteiger partial charge in [-0.3, -0.25) is 0 Å². The molecule has 0 spiro atoms. The number of rotatable bonds is 4. The van der Waals surface area contributed by atoms with E-state index in [1.54, 1.807) is 6.92 Å². The maximum absolute atomic E-state index is 13.1. The van der Waals surface area contributed by atoms with Crippen molar-refractivity contribution in [3.63, 3.8) is 0 Å². The van der Waals surface area contributed by atoms with Crippen molar-refractivity contribution in [2.24, 2.45) is 5.92 Å². The lowest BCUT2D eigenvalue weighted by atomic mass is 10.1. The number of nitrogens with one attached hydrogen (secondary N) is 1. The minimum absolute atomic E-state index is 0.0454. The Balaban J connectivity index is 2.61.